The highest BCUT2D eigenvalue weighted by molar-refractivity contribution is 7.18. The SMILES string of the molecule is O=C(CN1CCCC[C@@H]1c1nc2ccccc2s1)N1CCOC1=O. The molecule has 0 N–H and O–H groups in total. The number of para-hydroxylation sites is 1. The van der Waals surface area contributed by atoms with E-state index in [9.17, 15) is 9.59 Å². The van der Waals surface area contributed by atoms with E-state index in [0.29, 0.717) is 13.2 Å². The summed E-state index contributed by atoms with van der Waals surface area (Å²) in [7, 11) is 0. The summed E-state index contributed by atoms with van der Waals surface area (Å²) < 4.78 is 6.04. The molecule has 2 aliphatic heterocycles. The van der Waals surface area contributed by atoms with Gasteiger partial charge < -0.3 is 4.74 Å². The molecule has 4 rings (SSSR count). The van der Waals surface area contributed by atoms with E-state index in [2.05, 4.69) is 11.0 Å². The number of imide groups is 1. The van der Waals surface area contributed by atoms with Gasteiger partial charge in [0, 0.05) is 0 Å². The van der Waals surface area contributed by atoms with Crippen molar-refractivity contribution in [2.45, 2.75) is 25.3 Å². The first-order chi connectivity index (χ1) is 11.7. The standard InChI is InChI=1S/C17H19N3O3S/c21-15(20-9-10-23-17(20)22)11-19-8-4-3-6-13(19)16-18-12-5-1-2-7-14(12)24-16/h1-2,5,7,13H,3-4,6,8-11H2/t13-/m1/s1. The van der Waals surface area contributed by atoms with E-state index in [1.807, 2.05) is 18.2 Å². The lowest BCUT2D eigenvalue weighted by molar-refractivity contribution is -0.129. The number of rotatable bonds is 3. The zero-order valence-electron chi connectivity index (χ0n) is 13.3. The third kappa shape index (κ3) is 2.89. The zero-order valence-corrected chi connectivity index (χ0v) is 14.1. The van der Waals surface area contributed by atoms with Gasteiger partial charge in [0.25, 0.3) is 0 Å². The number of carbonyl (C=O) groups is 2. The average molecular weight is 345 g/mol. The number of piperidine rings is 1. The molecule has 24 heavy (non-hydrogen) atoms. The smallest absolute Gasteiger partial charge is 0.416 e. The van der Waals surface area contributed by atoms with E-state index < -0.39 is 6.09 Å². The van der Waals surface area contributed by atoms with Crippen LogP contribution in [0.4, 0.5) is 4.79 Å². The first kappa shape index (κ1) is 15.5. The van der Waals surface area contributed by atoms with Gasteiger partial charge in [0.1, 0.15) is 11.6 Å². The molecular weight excluding hydrogens is 326 g/mol. The van der Waals surface area contributed by atoms with Crippen LogP contribution in [0.3, 0.4) is 0 Å². The Balaban J connectivity index is 1.54. The fraction of sp³-hybridized carbons (Fsp3) is 0.471. The molecule has 0 saturated carbocycles. The van der Waals surface area contributed by atoms with Gasteiger partial charge in [0.15, 0.2) is 0 Å². The molecule has 1 atom stereocenters. The van der Waals surface area contributed by atoms with Crippen LogP contribution in [0.2, 0.25) is 0 Å². The van der Waals surface area contributed by atoms with Crippen molar-refractivity contribution in [2.75, 3.05) is 26.2 Å². The van der Waals surface area contributed by atoms with Crippen LogP contribution in [0.5, 0.6) is 0 Å². The van der Waals surface area contributed by atoms with E-state index >= 15 is 0 Å². The number of aromatic nitrogens is 1. The second-order valence-corrected chi connectivity index (χ2v) is 7.22. The van der Waals surface area contributed by atoms with Crippen LogP contribution in [0.15, 0.2) is 24.3 Å². The monoisotopic (exact) mass is 345 g/mol. The van der Waals surface area contributed by atoms with Gasteiger partial charge in [-0.1, -0.05) is 18.6 Å². The van der Waals surface area contributed by atoms with Crippen LogP contribution in [-0.4, -0.2) is 53.0 Å². The molecule has 0 bridgehead atoms. The maximum Gasteiger partial charge on any atom is 0.416 e. The highest BCUT2D eigenvalue weighted by atomic mass is 32.1. The molecule has 1 aromatic carbocycles. The van der Waals surface area contributed by atoms with Crippen molar-refractivity contribution in [3.8, 4) is 0 Å². The van der Waals surface area contributed by atoms with E-state index in [0.717, 1.165) is 36.3 Å². The molecule has 1 aromatic heterocycles. The van der Waals surface area contributed by atoms with E-state index in [1.165, 1.54) is 9.60 Å². The molecule has 0 unspecified atom stereocenters. The summed E-state index contributed by atoms with van der Waals surface area (Å²) in [5, 5.41) is 1.06. The second-order valence-electron chi connectivity index (χ2n) is 6.16. The molecule has 0 aliphatic carbocycles. The molecule has 126 valence electrons. The fourth-order valence-electron chi connectivity index (χ4n) is 3.37. The van der Waals surface area contributed by atoms with Crippen LogP contribution in [0.25, 0.3) is 10.2 Å². The number of nitrogens with zero attached hydrogens (tertiary/aromatic N) is 3. The summed E-state index contributed by atoms with van der Waals surface area (Å²) in [5.41, 5.74) is 1.01. The van der Waals surface area contributed by atoms with Crippen molar-refractivity contribution in [1.82, 2.24) is 14.8 Å². The number of hydrogen-bond donors (Lipinski definition) is 0. The summed E-state index contributed by atoms with van der Waals surface area (Å²) in [4.78, 5) is 32.2. The number of cyclic esters (lactones) is 1. The summed E-state index contributed by atoms with van der Waals surface area (Å²) >= 11 is 1.70. The third-order valence-corrected chi connectivity index (χ3v) is 5.75. The molecule has 3 heterocycles. The molecule has 2 aliphatic rings. The van der Waals surface area contributed by atoms with Gasteiger partial charge in [-0.25, -0.2) is 14.7 Å². The van der Waals surface area contributed by atoms with Gasteiger partial charge in [0.2, 0.25) is 5.91 Å². The molecule has 2 fully saturated rings. The lowest BCUT2D eigenvalue weighted by atomic mass is 10.0. The van der Waals surface area contributed by atoms with Gasteiger partial charge in [0.05, 0.1) is 29.3 Å². The van der Waals surface area contributed by atoms with Crippen molar-refractivity contribution in [3.05, 3.63) is 29.3 Å². The second kappa shape index (κ2) is 6.49. The molecule has 2 aromatic rings. The minimum Gasteiger partial charge on any atom is -0.447 e. The molecule has 6 nitrogen and oxygen atoms in total. The Kier molecular flexibility index (Phi) is 4.20. The van der Waals surface area contributed by atoms with Crippen LogP contribution < -0.4 is 0 Å². The Hall–Kier alpha value is -1.99. The lowest BCUT2D eigenvalue weighted by Gasteiger charge is -2.34. The predicted molar refractivity (Wildman–Crippen MR) is 90.8 cm³/mol. The third-order valence-electron chi connectivity index (χ3n) is 4.61. The Morgan fingerprint density at radius 1 is 1.29 bits per heavy atom. The average Bonchev–Trinajstić information content (AvgIpc) is 3.21. The van der Waals surface area contributed by atoms with E-state index in [-0.39, 0.29) is 18.5 Å². The highest BCUT2D eigenvalue weighted by Crippen LogP contribution is 2.35. The Labute approximate surface area is 144 Å². The number of carbonyl (C=O) groups excluding carboxylic acids is 2. The lowest BCUT2D eigenvalue weighted by Crippen LogP contribution is -2.43. The number of thiazole rings is 1. The van der Waals surface area contributed by atoms with Crippen molar-refractivity contribution in [2.24, 2.45) is 0 Å². The summed E-state index contributed by atoms with van der Waals surface area (Å²) in [6.45, 7) is 1.76. The first-order valence-electron chi connectivity index (χ1n) is 8.29. The number of fused-ring (bicyclic) bond motifs is 1. The minimum absolute atomic E-state index is 0.152. The van der Waals surface area contributed by atoms with Crippen LogP contribution in [0, 0.1) is 0 Å². The van der Waals surface area contributed by atoms with Gasteiger partial charge in [-0.2, -0.15) is 0 Å². The van der Waals surface area contributed by atoms with Crippen LogP contribution >= 0.6 is 11.3 Å². The highest BCUT2D eigenvalue weighted by Gasteiger charge is 2.33. The zero-order chi connectivity index (χ0) is 16.5. The summed E-state index contributed by atoms with van der Waals surface area (Å²) in [6, 6.07) is 8.26. The van der Waals surface area contributed by atoms with Crippen molar-refractivity contribution in [1.29, 1.82) is 0 Å². The van der Waals surface area contributed by atoms with Crippen molar-refractivity contribution >= 4 is 33.6 Å². The van der Waals surface area contributed by atoms with Crippen molar-refractivity contribution in [3.63, 3.8) is 0 Å². The largest absolute Gasteiger partial charge is 0.447 e. The van der Waals surface area contributed by atoms with Crippen LogP contribution in [0.1, 0.15) is 30.3 Å². The molecule has 0 spiro atoms. The van der Waals surface area contributed by atoms with E-state index in [4.69, 9.17) is 9.72 Å². The summed E-state index contributed by atoms with van der Waals surface area (Å²) in [6.07, 6.45) is 2.68. The van der Waals surface area contributed by atoms with E-state index in [1.54, 1.807) is 11.3 Å². The van der Waals surface area contributed by atoms with Crippen molar-refractivity contribution < 1.29 is 14.3 Å². The number of hydrogen-bond acceptors (Lipinski definition) is 6. The number of likely N-dealkylation sites (tertiary alicyclic amines) is 1. The maximum atomic E-state index is 12.4. The summed E-state index contributed by atoms with van der Waals surface area (Å²) in [5.74, 6) is -0.175. The molecule has 2 saturated heterocycles. The van der Waals surface area contributed by atoms with Crippen LogP contribution in [-0.2, 0) is 9.53 Å². The predicted octanol–water partition coefficient (Wildman–Crippen LogP) is 2.80. The van der Waals surface area contributed by atoms with Gasteiger partial charge in [-0.15, -0.1) is 11.3 Å². The first-order valence-corrected chi connectivity index (χ1v) is 9.10. The van der Waals surface area contributed by atoms with Gasteiger partial charge in [-0.3, -0.25) is 9.69 Å². The fourth-order valence-corrected chi connectivity index (χ4v) is 4.51. The Morgan fingerprint density at radius 3 is 2.96 bits per heavy atom. The molecular formula is C17H19N3O3S. The molecule has 0 radical (unpaired) electrons. The Morgan fingerprint density at radius 2 is 2.17 bits per heavy atom. The normalized spacial score (nSPS) is 22.1. The number of benzene rings is 1. The Bertz CT molecular complexity index is 742. The number of ether oxygens (including phenoxy) is 1. The quantitative estimate of drug-likeness (QED) is 0.856. The minimum atomic E-state index is -0.520. The topological polar surface area (TPSA) is 62.7 Å². The molecule has 7 heteroatoms. The molecule has 2 amide bonds. The number of amides is 2. The van der Waals surface area contributed by atoms with Gasteiger partial charge >= 0.3 is 6.09 Å². The maximum absolute atomic E-state index is 12.4. The van der Waals surface area contributed by atoms with Gasteiger partial charge in [-0.05, 0) is 31.5 Å².